The van der Waals surface area contributed by atoms with E-state index in [4.69, 9.17) is 16.3 Å². The van der Waals surface area contributed by atoms with Crippen molar-refractivity contribution in [3.63, 3.8) is 0 Å². The Kier molecular flexibility index (Phi) is 6.58. The van der Waals surface area contributed by atoms with Gasteiger partial charge in [-0.1, -0.05) is 29.8 Å². The van der Waals surface area contributed by atoms with Gasteiger partial charge in [0.2, 0.25) is 0 Å². The zero-order chi connectivity index (χ0) is 17.5. The number of nitrogens with zero attached hydrogens (tertiary/aromatic N) is 1. The van der Waals surface area contributed by atoms with Gasteiger partial charge in [-0.3, -0.25) is 4.79 Å². The van der Waals surface area contributed by atoms with Crippen molar-refractivity contribution in [1.29, 1.82) is 0 Å². The fraction of sp³-hybridized carbons (Fsp3) is 0.278. The average Bonchev–Trinajstić information content (AvgIpc) is 2.59. The summed E-state index contributed by atoms with van der Waals surface area (Å²) in [6.45, 7) is 0.799. The summed E-state index contributed by atoms with van der Waals surface area (Å²) >= 11 is 5.79. The zero-order valence-electron chi connectivity index (χ0n) is 13.3. The molecule has 0 fully saturated rings. The van der Waals surface area contributed by atoms with E-state index in [1.54, 1.807) is 37.4 Å². The first kappa shape index (κ1) is 18.2. The molecule has 0 spiro atoms. The van der Waals surface area contributed by atoms with Gasteiger partial charge in [0.15, 0.2) is 6.10 Å². The first-order valence-corrected chi connectivity index (χ1v) is 7.92. The molecule has 0 heterocycles. The molecular formula is C18H19ClFNO3. The van der Waals surface area contributed by atoms with Gasteiger partial charge in [-0.15, -0.1) is 0 Å². The van der Waals surface area contributed by atoms with E-state index >= 15 is 0 Å². The molecule has 2 aromatic rings. The van der Waals surface area contributed by atoms with Crippen molar-refractivity contribution < 1.29 is 19.0 Å². The lowest BCUT2D eigenvalue weighted by Crippen LogP contribution is -2.33. The molecule has 1 N–H and O–H groups in total. The highest BCUT2D eigenvalue weighted by Gasteiger charge is 2.23. The van der Waals surface area contributed by atoms with Crippen LogP contribution in [0.1, 0.15) is 18.1 Å². The summed E-state index contributed by atoms with van der Waals surface area (Å²) in [5.74, 6) is -0.454. The van der Waals surface area contributed by atoms with E-state index in [1.807, 2.05) is 0 Å². The molecule has 0 bridgehead atoms. The lowest BCUT2D eigenvalue weighted by Gasteiger charge is -2.21. The van der Waals surface area contributed by atoms with Crippen molar-refractivity contribution in [3.8, 4) is 5.75 Å². The smallest absolute Gasteiger partial charge is 0.255 e. The van der Waals surface area contributed by atoms with Crippen molar-refractivity contribution in [2.24, 2.45) is 0 Å². The summed E-state index contributed by atoms with van der Waals surface area (Å²) in [5, 5.41) is 10.7. The van der Waals surface area contributed by atoms with Crippen molar-refractivity contribution >= 4 is 17.5 Å². The number of ether oxygens (including phenoxy) is 1. The second-order valence-electron chi connectivity index (χ2n) is 5.34. The van der Waals surface area contributed by atoms with Crippen molar-refractivity contribution in [2.75, 3.05) is 20.2 Å². The molecular weight excluding hydrogens is 333 g/mol. The zero-order valence-corrected chi connectivity index (χ0v) is 14.0. The van der Waals surface area contributed by atoms with Crippen molar-refractivity contribution in [3.05, 3.63) is 64.9 Å². The Labute approximate surface area is 145 Å². The number of hydrogen-bond donors (Lipinski definition) is 1. The lowest BCUT2D eigenvalue weighted by atomic mass is 10.1. The SMILES string of the molecule is CN(CCCOc1ccc(Cl)cc1)C(=O)C(O)c1ccccc1F. The second kappa shape index (κ2) is 8.66. The Bertz CT molecular complexity index is 678. The largest absolute Gasteiger partial charge is 0.494 e. The number of carbonyl (C=O) groups excluding carboxylic acids is 1. The van der Waals surface area contributed by atoms with Crippen LogP contribution in [0.15, 0.2) is 48.5 Å². The number of rotatable bonds is 7. The molecule has 0 aliphatic carbocycles. The number of aliphatic hydroxyl groups is 1. The number of amides is 1. The van der Waals surface area contributed by atoms with Gasteiger partial charge in [0.1, 0.15) is 11.6 Å². The van der Waals surface area contributed by atoms with Crippen LogP contribution >= 0.6 is 11.6 Å². The molecule has 0 aliphatic rings. The number of aliphatic hydroxyl groups excluding tert-OH is 1. The summed E-state index contributed by atoms with van der Waals surface area (Å²) < 4.78 is 19.2. The van der Waals surface area contributed by atoms with Gasteiger partial charge in [-0.25, -0.2) is 4.39 Å². The molecule has 24 heavy (non-hydrogen) atoms. The number of benzene rings is 2. The topological polar surface area (TPSA) is 49.8 Å². The molecule has 6 heteroatoms. The normalized spacial score (nSPS) is 11.8. The maximum atomic E-state index is 13.6. The summed E-state index contributed by atoms with van der Waals surface area (Å²) in [7, 11) is 1.56. The minimum atomic E-state index is -1.51. The van der Waals surface area contributed by atoms with Gasteiger partial charge in [0.05, 0.1) is 6.61 Å². The molecule has 1 amide bonds. The third-order valence-corrected chi connectivity index (χ3v) is 3.78. The predicted octanol–water partition coefficient (Wildman–Crippen LogP) is 3.44. The molecule has 4 nitrogen and oxygen atoms in total. The van der Waals surface area contributed by atoms with E-state index in [0.717, 1.165) is 0 Å². The van der Waals surface area contributed by atoms with Gasteiger partial charge >= 0.3 is 0 Å². The quantitative estimate of drug-likeness (QED) is 0.777. The number of carbonyl (C=O) groups is 1. The Hall–Kier alpha value is -2.11. The van der Waals surface area contributed by atoms with Crippen LogP contribution in [0.5, 0.6) is 5.75 Å². The monoisotopic (exact) mass is 351 g/mol. The van der Waals surface area contributed by atoms with E-state index in [-0.39, 0.29) is 5.56 Å². The summed E-state index contributed by atoms with van der Waals surface area (Å²) in [5.41, 5.74) is -0.0215. The highest BCUT2D eigenvalue weighted by atomic mass is 35.5. The number of halogens is 2. The fourth-order valence-corrected chi connectivity index (χ4v) is 2.30. The highest BCUT2D eigenvalue weighted by Crippen LogP contribution is 2.19. The van der Waals surface area contributed by atoms with Crippen LogP contribution in [-0.2, 0) is 4.79 Å². The number of likely N-dealkylation sites (N-methyl/N-ethyl adjacent to an activating group) is 1. The predicted molar refractivity (Wildman–Crippen MR) is 90.6 cm³/mol. The first-order valence-electron chi connectivity index (χ1n) is 7.55. The fourth-order valence-electron chi connectivity index (χ4n) is 2.17. The summed E-state index contributed by atoms with van der Waals surface area (Å²) in [6.07, 6.45) is -0.928. The molecule has 0 saturated heterocycles. The molecule has 2 aromatic carbocycles. The van der Waals surface area contributed by atoms with Gasteiger partial charge < -0.3 is 14.7 Å². The molecule has 128 valence electrons. The minimum Gasteiger partial charge on any atom is -0.494 e. The Morgan fingerprint density at radius 1 is 1.25 bits per heavy atom. The van der Waals surface area contributed by atoms with E-state index in [0.29, 0.717) is 30.3 Å². The van der Waals surface area contributed by atoms with E-state index in [9.17, 15) is 14.3 Å². The summed E-state index contributed by atoms with van der Waals surface area (Å²) in [4.78, 5) is 13.5. The van der Waals surface area contributed by atoms with E-state index in [1.165, 1.54) is 23.1 Å². The lowest BCUT2D eigenvalue weighted by molar-refractivity contribution is -0.139. The van der Waals surface area contributed by atoms with Crippen LogP contribution in [0.2, 0.25) is 5.02 Å². The van der Waals surface area contributed by atoms with Crippen LogP contribution < -0.4 is 4.74 Å². The van der Waals surface area contributed by atoms with E-state index < -0.39 is 17.8 Å². The van der Waals surface area contributed by atoms with Crippen LogP contribution in [-0.4, -0.2) is 36.1 Å². The first-order chi connectivity index (χ1) is 11.5. The molecule has 1 atom stereocenters. The third-order valence-electron chi connectivity index (χ3n) is 3.53. The Morgan fingerprint density at radius 3 is 2.58 bits per heavy atom. The van der Waals surface area contributed by atoms with Gasteiger partial charge in [-0.2, -0.15) is 0 Å². The standard InChI is InChI=1S/C18H19ClFNO3/c1-21(11-4-12-24-14-9-7-13(19)8-10-14)18(23)17(22)15-5-2-3-6-16(15)20/h2-3,5-10,17,22H,4,11-12H2,1H3. The highest BCUT2D eigenvalue weighted by molar-refractivity contribution is 6.30. The number of hydrogen-bond acceptors (Lipinski definition) is 3. The van der Waals surface area contributed by atoms with Crippen LogP contribution in [0, 0.1) is 5.82 Å². The second-order valence-corrected chi connectivity index (χ2v) is 5.78. The summed E-state index contributed by atoms with van der Waals surface area (Å²) in [6, 6.07) is 12.7. The third kappa shape index (κ3) is 4.94. The van der Waals surface area contributed by atoms with Crippen LogP contribution in [0.4, 0.5) is 4.39 Å². The minimum absolute atomic E-state index is 0.0215. The molecule has 0 radical (unpaired) electrons. The van der Waals surface area contributed by atoms with Gasteiger partial charge in [0, 0.05) is 24.2 Å². The van der Waals surface area contributed by atoms with Gasteiger partial charge in [-0.05, 0) is 36.8 Å². The Morgan fingerprint density at radius 2 is 1.92 bits per heavy atom. The van der Waals surface area contributed by atoms with Crippen LogP contribution in [0.25, 0.3) is 0 Å². The molecule has 2 rings (SSSR count). The van der Waals surface area contributed by atoms with Crippen LogP contribution in [0.3, 0.4) is 0 Å². The average molecular weight is 352 g/mol. The molecule has 0 saturated carbocycles. The van der Waals surface area contributed by atoms with Gasteiger partial charge in [0.25, 0.3) is 5.91 Å². The maximum Gasteiger partial charge on any atom is 0.255 e. The maximum absolute atomic E-state index is 13.6. The van der Waals surface area contributed by atoms with Crippen molar-refractivity contribution in [2.45, 2.75) is 12.5 Å². The molecule has 0 aromatic heterocycles. The molecule has 0 aliphatic heterocycles. The van der Waals surface area contributed by atoms with E-state index in [2.05, 4.69) is 0 Å². The Balaban J connectivity index is 1.79. The van der Waals surface area contributed by atoms with Crippen molar-refractivity contribution in [1.82, 2.24) is 4.90 Å². The molecule has 1 unspecified atom stereocenters.